The number of methoxy groups -OCH3 is 1. The Hall–Kier alpha value is -1.04. The highest BCUT2D eigenvalue weighted by atomic mass is 32.1. The summed E-state index contributed by atoms with van der Waals surface area (Å²) in [7, 11) is 1.34. The summed E-state index contributed by atoms with van der Waals surface area (Å²) in [5.74, 6) is -0.124. The molecule has 0 radical (unpaired) electrons. The Morgan fingerprint density at radius 2 is 2.06 bits per heavy atom. The van der Waals surface area contributed by atoms with Crippen molar-refractivity contribution in [3.8, 4) is 0 Å². The summed E-state index contributed by atoms with van der Waals surface area (Å²) < 4.78 is 4.58. The molecule has 2 unspecified atom stereocenters. The van der Waals surface area contributed by atoms with Gasteiger partial charge in [-0.15, -0.1) is 0 Å². The van der Waals surface area contributed by atoms with Crippen LogP contribution in [0.2, 0.25) is 0 Å². The number of aryl methyl sites for hydroxylation is 1. The quantitative estimate of drug-likeness (QED) is 0.535. The van der Waals surface area contributed by atoms with Gasteiger partial charge in [0.25, 0.3) is 0 Å². The second-order valence-corrected chi connectivity index (χ2v) is 4.33. The van der Waals surface area contributed by atoms with Crippen molar-refractivity contribution in [1.29, 1.82) is 0 Å². The van der Waals surface area contributed by atoms with Crippen molar-refractivity contribution in [2.75, 3.05) is 12.9 Å². The number of esters is 1. The second-order valence-electron chi connectivity index (χ2n) is 3.97. The van der Waals surface area contributed by atoms with Gasteiger partial charge in [-0.3, -0.25) is 4.79 Å². The molecule has 0 saturated carbocycles. The van der Waals surface area contributed by atoms with Gasteiger partial charge in [0.15, 0.2) is 0 Å². The summed E-state index contributed by atoms with van der Waals surface area (Å²) in [5, 5.41) is 19.6. The maximum Gasteiger partial charge on any atom is 0.305 e. The highest BCUT2D eigenvalue weighted by Gasteiger charge is 2.19. The van der Waals surface area contributed by atoms with E-state index in [0.29, 0.717) is 12.0 Å². The number of hydrogen-bond acceptors (Lipinski definition) is 5. The third-order valence-corrected chi connectivity index (χ3v) is 3.13. The zero-order valence-electron chi connectivity index (χ0n) is 10.2. The van der Waals surface area contributed by atoms with E-state index in [0.717, 1.165) is 5.56 Å². The van der Waals surface area contributed by atoms with E-state index < -0.39 is 12.2 Å². The number of carbonyl (C=O) groups excluding carboxylic acids is 1. The highest BCUT2D eigenvalue weighted by Crippen LogP contribution is 2.23. The number of hydrogen-bond donors (Lipinski definition) is 3. The molecule has 1 aromatic rings. The molecule has 4 nitrogen and oxygen atoms in total. The van der Waals surface area contributed by atoms with E-state index in [1.54, 1.807) is 12.1 Å². The van der Waals surface area contributed by atoms with Crippen LogP contribution in [0.3, 0.4) is 0 Å². The second kappa shape index (κ2) is 7.41. The van der Waals surface area contributed by atoms with E-state index in [1.165, 1.54) is 7.11 Å². The van der Waals surface area contributed by atoms with E-state index >= 15 is 0 Å². The molecule has 0 aliphatic rings. The first-order valence-corrected chi connectivity index (χ1v) is 6.35. The summed E-state index contributed by atoms with van der Waals surface area (Å²) in [6.45, 7) is 0. The molecule has 0 spiro atoms. The predicted octanol–water partition coefficient (Wildman–Crippen LogP) is 1.12. The monoisotopic (exact) mass is 270 g/mol. The van der Waals surface area contributed by atoms with E-state index in [9.17, 15) is 15.0 Å². The lowest BCUT2D eigenvalue weighted by atomic mass is 9.96. The van der Waals surface area contributed by atoms with Crippen LogP contribution < -0.4 is 0 Å². The maximum absolute atomic E-state index is 11.1. The largest absolute Gasteiger partial charge is 0.469 e. The lowest BCUT2D eigenvalue weighted by Crippen LogP contribution is -2.21. The van der Waals surface area contributed by atoms with Crippen LogP contribution in [-0.2, 0) is 16.0 Å². The zero-order valence-corrected chi connectivity index (χ0v) is 11.1. The molecule has 0 bridgehead atoms. The fourth-order valence-corrected chi connectivity index (χ4v) is 1.90. The highest BCUT2D eigenvalue weighted by molar-refractivity contribution is 7.80. The van der Waals surface area contributed by atoms with Crippen LogP contribution in [0.4, 0.5) is 0 Å². The topological polar surface area (TPSA) is 66.8 Å². The summed E-state index contributed by atoms with van der Waals surface area (Å²) in [6, 6.07) is 7.18. The smallest absolute Gasteiger partial charge is 0.305 e. The van der Waals surface area contributed by atoms with Gasteiger partial charge in [0.05, 0.1) is 13.2 Å². The zero-order chi connectivity index (χ0) is 13.5. The van der Waals surface area contributed by atoms with Gasteiger partial charge in [-0.1, -0.05) is 24.3 Å². The molecular weight excluding hydrogens is 252 g/mol. The number of rotatable bonds is 6. The van der Waals surface area contributed by atoms with Crippen molar-refractivity contribution in [1.82, 2.24) is 0 Å². The van der Waals surface area contributed by atoms with E-state index in [4.69, 9.17) is 0 Å². The van der Waals surface area contributed by atoms with Gasteiger partial charge < -0.3 is 14.9 Å². The Kier molecular flexibility index (Phi) is 6.18. The van der Waals surface area contributed by atoms with E-state index in [1.807, 2.05) is 12.1 Å². The molecule has 1 aromatic carbocycles. The molecule has 18 heavy (non-hydrogen) atoms. The number of carbonyl (C=O) groups is 1. The number of aliphatic hydroxyl groups is 2. The molecule has 1 rings (SSSR count). The van der Waals surface area contributed by atoms with E-state index in [2.05, 4.69) is 17.4 Å². The van der Waals surface area contributed by atoms with Gasteiger partial charge in [-0.2, -0.15) is 12.6 Å². The predicted molar refractivity (Wildman–Crippen MR) is 71.6 cm³/mol. The Balaban J connectivity index is 2.82. The first-order chi connectivity index (χ1) is 8.60. The number of aliphatic hydroxyl groups excluding tert-OH is 2. The van der Waals surface area contributed by atoms with Gasteiger partial charge in [0.2, 0.25) is 0 Å². The Bertz CT molecular complexity index is 394. The minimum atomic E-state index is -0.989. The molecule has 0 aliphatic heterocycles. The standard InChI is InChI=1S/C13H18O4S/c1-17-12(15)7-6-9-4-2-3-5-10(9)13(16)11(14)8-18/h2-5,11,13-14,16,18H,6-8H2,1H3. The van der Waals surface area contributed by atoms with Gasteiger partial charge in [0, 0.05) is 12.2 Å². The molecule has 0 aromatic heterocycles. The van der Waals surface area contributed by atoms with Crippen molar-refractivity contribution >= 4 is 18.6 Å². The van der Waals surface area contributed by atoms with Gasteiger partial charge >= 0.3 is 5.97 Å². The van der Waals surface area contributed by atoms with Gasteiger partial charge in [-0.05, 0) is 17.5 Å². The van der Waals surface area contributed by atoms with E-state index in [-0.39, 0.29) is 18.1 Å². The Morgan fingerprint density at radius 1 is 1.39 bits per heavy atom. The SMILES string of the molecule is COC(=O)CCc1ccccc1C(O)C(O)CS. The van der Waals surface area contributed by atoms with Gasteiger partial charge in [-0.25, -0.2) is 0 Å². The third-order valence-electron chi connectivity index (χ3n) is 2.75. The average molecular weight is 270 g/mol. The van der Waals surface area contributed by atoms with Crippen LogP contribution in [-0.4, -0.2) is 35.1 Å². The molecule has 0 fully saturated rings. The third kappa shape index (κ3) is 4.01. The lowest BCUT2D eigenvalue weighted by Gasteiger charge is -2.19. The van der Waals surface area contributed by atoms with Crippen molar-refractivity contribution in [2.24, 2.45) is 0 Å². The minimum Gasteiger partial charge on any atom is -0.469 e. The normalized spacial score (nSPS) is 14.0. The molecular formula is C13H18O4S. The van der Waals surface area contributed by atoms with Crippen LogP contribution in [0.1, 0.15) is 23.7 Å². The van der Waals surface area contributed by atoms with Crippen molar-refractivity contribution < 1.29 is 19.7 Å². The first kappa shape index (κ1) is 15.0. The first-order valence-electron chi connectivity index (χ1n) is 5.71. The van der Waals surface area contributed by atoms with Crippen LogP contribution in [0.25, 0.3) is 0 Å². The number of benzene rings is 1. The molecule has 0 heterocycles. The molecule has 0 amide bonds. The fourth-order valence-electron chi connectivity index (χ4n) is 1.70. The van der Waals surface area contributed by atoms with Crippen molar-refractivity contribution in [2.45, 2.75) is 25.0 Å². The fraction of sp³-hybridized carbons (Fsp3) is 0.462. The molecule has 0 aliphatic carbocycles. The van der Waals surface area contributed by atoms with Crippen LogP contribution in [0.15, 0.2) is 24.3 Å². The van der Waals surface area contributed by atoms with Crippen LogP contribution >= 0.6 is 12.6 Å². The summed E-state index contributed by atoms with van der Waals surface area (Å²) in [6.07, 6.45) is -1.19. The summed E-state index contributed by atoms with van der Waals surface area (Å²) in [5.41, 5.74) is 1.46. The van der Waals surface area contributed by atoms with Crippen LogP contribution in [0.5, 0.6) is 0 Å². The van der Waals surface area contributed by atoms with Crippen molar-refractivity contribution in [3.63, 3.8) is 0 Å². The lowest BCUT2D eigenvalue weighted by molar-refractivity contribution is -0.140. The molecule has 5 heteroatoms. The summed E-state index contributed by atoms with van der Waals surface area (Å²) in [4.78, 5) is 11.1. The number of ether oxygens (including phenoxy) is 1. The maximum atomic E-state index is 11.1. The minimum absolute atomic E-state index is 0.173. The molecule has 0 saturated heterocycles. The van der Waals surface area contributed by atoms with Gasteiger partial charge in [0.1, 0.15) is 6.10 Å². The average Bonchev–Trinajstić information content (AvgIpc) is 2.43. The van der Waals surface area contributed by atoms with Crippen molar-refractivity contribution in [3.05, 3.63) is 35.4 Å². The Labute approximate surface area is 112 Å². The molecule has 100 valence electrons. The number of thiol groups is 1. The summed E-state index contributed by atoms with van der Waals surface area (Å²) >= 11 is 3.96. The Morgan fingerprint density at radius 3 is 2.67 bits per heavy atom. The molecule has 2 N–H and O–H groups in total. The van der Waals surface area contributed by atoms with Crippen LogP contribution in [0, 0.1) is 0 Å². The molecule has 2 atom stereocenters.